The highest BCUT2D eigenvalue weighted by Crippen LogP contribution is 2.04. The molecule has 0 saturated carbocycles. The summed E-state index contributed by atoms with van der Waals surface area (Å²) in [7, 11) is 1.76. The molecule has 0 aliphatic carbocycles. The minimum absolute atomic E-state index is 0.0460. The molecule has 76 valence electrons. The molecule has 1 aliphatic rings. The number of carbonyl (C=O) groups is 1. The van der Waals surface area contributed by atoms with Crippen molar-refractivity contribution in [1.82, 2.24) is 15.1 Å². The summed E-state index contributed by atoms with van der Waals surface area (Å²) in [5.41, 5.74) is 0.619. The van der Waals surface area contributed by atoms with Gasteiger partial charge in [0.1, 0.15) is 5.69 Å². The number of rotatable bonds is 2. The molecule has 14 heavy (non-hydrogen) atoms. The molecule has 0 spiro atoms. The van der Waals surface area contributed by atoms with Crippen molar-refractivity contribution in [2.24, 2.45) is 7.05 Å². The van der Waals surface area contributed by atoms with Gasteiger partial charge in [-0.2, -0.15) is 5.10 Å². The Hall–Kier alpha value is -1.20. The molecule has 2 rings (SSSR count). The second kappa shape index (κ2) is 3.89. The molecule has 1 atom stereocenters. The zero-order chi connectivity index (χ0) is 9.97. The first kappa shape index (κ1) is 9.36. The molecule has 5 nitrogen and oxygen atoms in total. The van der Waals surface area contributed by atoms with Crippen LogP contribution in [0.3, 0.4) is 0 Å². The quantitative estimate of drug-likeness (QED) is 0.652. The molecule has 1 fully saturated rings. The Bertz CT molecular complexity index is 329. The van der Waals surface area contributed by atoms with Crippen molar-refractivity contribution < 1.29 is 9.53 Å². The molecule has 0 radical (unpaired) electrons. The van der Waals surface area contributed by atoms with Gasteiger partial charge in [0.2, 0.25) is 0 Å². The Kier molecular flexibility index (Phi) is 2.60. The van der Waals surface area contributed by atoms with E-state index in [9.17, 15) is 4.79 Å². The zero-order valence-electron chi connectivity index (χ0n) is 8.06. The van der Waals surface area contributed by atoms with E-state index in [2.05, 4.69) is 10.4 Å². The SMILES string of the molecule is Cn1nccc1C(=O)C1COCCN1. The summed E-state index contributed by atoms with van der Waals surface area (Å²) in [5, 5.41) is 7.08. The van der Waals surface area contributed by atoms with Gasteiger partial charge in [-0.15, -0.1) is 0 Å². The number of carbonyl (C=O) groups excluding carboxylic acids is 1. The van der Waals surface area contributed by atoms with Crippen molar-refractivity contribution in [2.75, 3.05) is 19.8 Å². The van der Waals surface area contributed by atoms with Gasteiger partial charge in [0.05, 0.1) is 19.3 Å². The molecular weight excluding hydrogens is 182 g/mol. The normalized spacial score (nSPS) is 22.2. The van der Waals surface area contributed by atoms with Gasteiger partial charge in [0.15, 0.2) is 5.78 Å². The zero-order valence-corrected chi connectivity index (χ0v) is 8.06. The van der Waals surface area contributed by atoms with E-state index in [0.29, 0.717) is 18.9 Å². The van der Waals surface area contributed by atoms with E-state index in [-0.39, 0.29) is 11.8 Å². The number of ketones is 1. The largest absolute Gasteiger partial charge is 0.378 e. The molecule has 1 aromatic heterocycles. The molecule has 1 aliphatic heterocycles. The third kappa shape index (κ3) is 1.69. The van der Waals surface area contributed by atoms with Gasteiger partial charge in [-0.05, 0) is 6.07 Å². The van der Waals surface area contributed by atoms with Crippen molar-refractivity contribution in [3.05, 3.63) is 18.0 Å². The summed E-state index contributed by atoms with van der Waals surface area (Å²) in [4.78, 5) is 11.9. The van der Waals surface area contributed by atoms with Crippen LogP contribution in [0.15, 0.2) is 12.3 Å². The first-order chi connectivity index (χ1) is 6.79. The predicted molar refractivity (Wildman–Crippen MR) is 50.1 cm³/mol. The van der Waals surface area contributed by atoms with Crippen LogP contribution in [0.25, 0.3) is 0 Å². The van der Waals surface area contributed by atoms with Crippen molar-refractivity contribution >= 4 is 5.78 Å². The summed E-state index contributed by atoms with van der Waals surface area (Å²) in [6.45, 7) is 1.85. The Balaban J connectivity index is 2.11. The van der Waals surface area contributed by atoms with Gasteiger partial charge in [-0.1, -0.05) is 0 Å². The minimum atomic E-state index is -0.223. The number of aromatic nitrogens is 2. The third-order valence-corrected chi connectivity index (χ3v) is 2.31. The van der Waals surface area contributed by atoms with E-state index in [4.69, 9.17) is 4.74 Å². The lowest BCUT2D eigenvalue weighted by atomic mass is 10.1. The lowest BCUT2D eigenvalue weighted by Crippen LogP contribution is -2.46. The maximum atomic E-state index is 11.9. The average Bonchev–Trinajstić information content (AvgIpc) is 2.65. The minimum Gasteiger partial charge on any atom is -0.378 e. The van der Waals surface area contributed by atoms with Crippen molar-refractivity contribution in [1.29, 1.82) is 0 Å². The fourth-order valence-corrected chi connectivity index (χ4v) is 1.53. The first-order valence-electron chi connectivity index (χ1n) is 4.62. The molecule has 1 saturated heterocycles. The monoisotopic (exact) mass is 195 g/mol. The number of nitrogens with one attached hydrogen (secondary N) is 1. The van der Waals surface area contributed by atoms with Crippen LogP contribution in [-0.4, -0.2) is 41.4 Å². The Morgan fingerprint density at radius 3 is 3.21 bits per heavy atom. The summed E-state index contributed by atoms with van der Waals surface area (Å²) in [6.07, 6.45) is 1.62. The molecule has 0 bridgehead atoms. The fraction of sp³-hybridized carbons (Fsp3) is 0.556. The molecule has 1 N–H and O–H groups in total. The average molecular weight is 195 g/mol. The van der Waals surface area contributed by atoms with Crippen molar-refractivity contribution in [3.63, 3.8) is 0 Å². The lowest BCUT2D eigenvalue weighted by molar-refractivity contribution is 0.0601. The Morgan fingerprint density at radius 2 is 2.64 bits per heavy atom. The van der Waals surface area contributed by atoms with Gasteiger partial charge in [-0.3, -0.25) is 9.48 Å². The van der Waals surface area contributed by atoms with E-state index in [1.165, 1.54) is 0 Å². The van der Waals surface area contributed by atoms with Crippen LogP contribution in [0.1, 0.15) is 10.5 Å². The smallest absolute Gasteiger partial charge is 0.200 e. The topological polar surface area (TPSA) is 56.2 Å². The highest BCUT2D eigenvalue weighted by atomic mass is 16.5. The summed E-state index contributed by atoms with van der Waals surface area (Å²) < 4.78 is 6.81. The number of aryl methyl sites for hydroxylation is 1. The summed E-state index contributed by atoms with van der Waals surface area (Å²) >= 11 is 0. The standard InChI is InChI=1S/C9H13N3O2/c1-12-8(2-3-11-12)9(13)7-6-14-5-4-10-7/h2-3,7,10H,4-6H2,1H3. The second-order valence-electron chi connectivity index (χ2n) is 3.29. The van der Waals surface area contributed by atoms with Gasteiger partial charge in [-0.25, -0.2) is 0 Å². The number of hydrogen-bond donors (Lipinski definition) is 1. The molecule has 1 aromatic rings. The highest BCUT2D eigenvalue weighted by Gasteiger charge is 2.24. The number of hydrogen-bond acceptors (Lipinski definition) is 4. The van der Waals surface area contributed by atoms with Crippen LogP contribution in [0.5, 0.6) is 0 Å². The Morgan fingerprint density at radius 1 is 1.79 bits per heavy atom. The van der Waals surface area contributed by atoms with Crippen molar-refractivity contribution in [3.8, 4) is 0 Å². The summed E-state index contributed by atoms with van der Waals surface area (Å²) in [6, 6.07) is 1.50. The maximum Gasteiger partial charge on any atom is 0.200 e. The van der Waals surface area contributed by atoms with E-state index < -0.39 is 0 Å². The van der Waals surface area contributed by atoms with Gasteiger partial charge in [0, 0.05) is 19.8 Å². The molecule has 2 heterocycles. The fourth-order valence-electron chi connectivity index (χ4n) is 1.53. The molecular formula is C9H13N3O2. The van der Waals surface area contributed by atoms with Gasteiger partial charge in [0.25, 0.3) is 0 Å². The molecule has 1 unspecified atom stereocenters. The van der Waals surface area contributed by atoms with Crippen LogP contribution < -0.4 is 5.32 Å². The van der Waals surface area contributed by atoms with E-state index >= 15 is 0 Å². The summed E-state index contributed by atoms with van der Waals surface area (Å²) in [5.74, 6) is 0.0460. The lowest BCUT2D eigenvalue weighted by Gasteiger charge is -2.22. The van der Waals surface area contributed by atoms with E-state index in [0.717, 1.165) is 6.54 Å². The number of Topliss-reactive ketones (excluding diaryl/α,β-unsaturated/α-hetero) is 1. The van der Waals surface area contributed by atoms with Crippen LogP contribution in [0.4, 0.5) is 0 Å². The molecule has 0 aromatic carbocycles. The van der Waals surface area contributed by atoms with E-state index in [1.54, 1.807) is 24.0 Å². The van der Waals surface area contributed by atoms with Crippen LogP contribution in [0, 0.1) is 0 Å². The van der Waals surface area contributed by atoms with Gasteiger partial charge < -0.3 is 10.1 Å². The van der Waals surface area contributed by atoms with Gasteiger partial charge >= 0.3 is 0 Å². The Labute approximate surface area is 82.0 Å². The molecule has 0 amide bonds. The second-order valence-corrected chi connectivity index (χ2v) is 3.29. The van der Waals surface area contributed by atoms with E-state index in [1.807, 2.05) is 0 Å². The van der Waals surface area contributed by atoms with Crippen LogP contribution in [-0.2, 0) is 11.8 Å². The first-order valence-corrected chi connectivity index (χ1v) is 4.62. The van der Waals surface area contributed by atoms with Crippen molar-refractivity contribution in [2.45, 2.75) is 6.04 Å². The third-order valence-electron chi connectivity index (χ3n) is 2.31. The number of nitrogens with zero attached hydrogens (tertiary/aromatic N) is 2. The maximum absolute atomic E-state index is 11.9. The molecule has 5 heteroatoms. The predicted octanol–water partition coefficient (Wildman–Crippen LogP) is -0.409. The number of ether oxygens (including phenoxy) is 1. The highest BCUT2D eigenvalue weighted by molar-refractivity contribution is 5.98. The van der Waals surface area contributed by atoms with Crippen LogP contribution in [0.2, 0.25) is 0 Å². The van der Waals surface area contributed by atoms with Crippen LogP contribution >= 0.6 is 0 Å². The number of morpholine rings is 1.